The van der Waals surface area contributed by atoms with Crippen molar-refractivity contribution in [3.05, 3.63) is 48.0 Å². The van der Waals surface area contributed by atoms with Crippen molar-refractivity contribution >= 4 is 5.97 Å². The zero-order chi connectivity index (χ0) is 15.0. The molecular weight excluding hydrogens is 266 g/mol. The standard InChI is InChI=1S/C17H22NO3/c1-18(2)13-8-9-14(18)11-15(10-13)21-17(20)16(19)12-6-4-3-5-7-12/h3-9,13-16,19H,10-11H2,1-2H3/q+1/t13-,14+,15?,16?. The summed E-state index contributed by atoms with van der Waals surface area (Å²) in [5, 5.41) is 10.1. The highest BCUT2D eigenvalue weighted by Gasteiger charge is 2.46. The zero-order valence-corrected chi connectivity index (χ0v) is 12.5. The van der Waals surface area contributed by atoms with Crippen molar-refractivity contribution in [3.63, 3.8) is 0 Å². The van der Waals surface area contributed by atoms with Crippen LogP contribution in [-0.4, -0.2) is 47.8 Å². The molecule has 112 valence electrons. The molecule has 1 aromatic carbocycles. The maximum atomic E-state index is 12.1. The lowest BCUT2D eigenvalue weighted by molar-refractivity contribution is -0.926. The predicted octanol–water partition coefficient (Wildman–Crippen LogP) is 1.81. The molecule has 2 heterocycles. The summed E-state index contributed by atoms with van der Waals surface area (Å²) >= 11 is 0. The van der Waals surface area contributed by atoms with Crippen molar-refractivity contribution in [3.8, 4) is 0 Å². The Bertz CT molecular complexity index is 534. The van der Waals surface area contributed by atoms with Crippen molar-refractivity contribution in [2.45, 2.75) is 37.1 Å². The SMILES string of the molecule is C[N+]1(C)[C@@H]2C=C[C@H]1CC(OC(=O)C(O)c1ccccc1)C2. The lowest BCUT2D eigenvalue weighted by Gasteiger charge is -2.43. The van der Waals surface area contributed by atoms with E-state index >= 15 is 0 Å². The lowest BCUT2D eigenvalue weighted by Crippen LogP contribution is -2.57. The van der Waals surface area contributed by atoms with Gasteiger partial charge < -0.3 is 14.3 Å². The Hall–Kier alpha value is -1.65. The van der Waals surface area contributed by atoms with Gasteiger partial charge in [0.2, 0.25) is 0 Å². The van der Waals surface area contributed by atoms with Gasteiger partial charge in [0.1, 0.15) is 18.2 Å². The van der Waals surface area contributed by atoms with Crippen LogP contribution >= 0.6 is 0 Å². The van der Waals surface area contributed by atoms with Gasteiger partial charge in [0.15, 0.2) is 6.10 Å². The molecule has 0 spiro atoms. The number of fused-ring (bicyclic) bond motifs is 2. The molecule has 4 nitrogen and oxygen atoms in total. The Morgan fingerprint density at radius 3 is 2.33 bits per heavy atom. The zero-order valence-electron chi connectivity index (χ0n) is 12.5. The highest BCUT2D eigenvalue weighted by molar-refractivity contribution is 5.76. The van der Waals surface area contributed by atoms with E-state index in [1.807, 2.05) is 6.07 Å². The maximum Gasteiger partial charge on any atom is 0.339 e. The van der Waals surface area contributed by atoms with Crippen LogP contribution in [0.2, 0.25) is 0 Å². The Morgan fingerprint density at radius 1 is 1.19 bits per heavy atom. The molecule has 2 aliphatic heterocycles. The van der Waals surface area contributed by atoms with E-state index in [0.29, 0.717) is 17.6 Å². The van der Waals surface area contributed by atoms with Gasteiger partial charge >= 0.3 is 5.97 Å². The number of benzene rings is 1. The van der Waals surface area contributed by atoms with Crippen LogP contribution in [-0.2, 0) is 9.53 Å². The second kappa shape index (κ2) is 5.28. The van der Waals surface area contributed by atoms with Crippen LogP contribution in [0.5, 0.6) is 0 Å². The van der Waals surface area contributed by atoms with Crippen molar-refractivity contribution in [1.82, 2.24) is 0 Å². The van der Waals surface area contributed by atoms with Crippen LogP contribution in [0.3, 0.4) is 0 Å². The molecule has 4 heteroatoms. The number of esters is 1. The molecule has 0 aliphatic carbocycles. The van der Waals surface area contributed by atoms with Gasteiger partial charge in [-0.05, 0) is 17.7 Å². The number of hydrogen-bond acceptors (Lipinski definition) is 3. The first-order valence-corrected chi connectivity index (χ1v) is 7.43. The molecule has 0 amide bonds. The average molecular weight is 288 g/mol. The van der Waals surface area contributed by atoms with Crippen LogP contribution in [0, 0.1) is 0 Å². The number of aliphatic hydroxyl groups excluding tert-OH is 1. The molecule has 0 radical (unpaired) electrons. The number of carbonyl (C=O) groups excluding carboxylic acids is 1. The van der Waals surface area contributed by atoms with E-state index in [-0.39, 0.29) is 6.10 Å². The van der Waals surface area contributed by atoms with Crippen LogP contribution in [0.25, 0.3) is 0 Å². The smallest absolute Gasteiger partial charge is 0.339 e. The van der Waals surface area contributed by atoms with Crippen LogP contribution in [0.15, 0.2) is 42.5 Å². The normalized spacial score (nSPS) is 30.9. The molecule has 4 atom stereocenters. The number of nitrogens with zero attached hydrogens (tertiary/aromatic N) is 1. The minimum Gasteiger partial charge on any atom is -0.460 e. The Labute approximate surface area is 125 Å². The molecular formula is C17H22NO3+. The number of quaternary nitrogens is 1. The van der Waals surface area contributed by atoms with E-state index in [9.17, 15) is 9.90 Å². The first-order chi connectivity index (χ1) is 9.98. The molecule has 21 heavy (non-hydrogen) atoms. The first-order valence-electron chi connectivity index (χ1n) is 7.43. The molecule has 0 saturated carbocycles. The van der Waals surface area contributed by atoms with E-state index in [4.69, 9.17) is 4.74 Å². The Balaban J connectivity index is 1.62. The Morgan fingerprint density at radius 2 is 1.76 bits per heavy atom. The number of aliphatic hydroxyl groups is 1. The summed E-state index contributed by atoms with van der Waals surface area (Å²) in [6.07, 6.45) is 4.81. The number of rotatable bonds is 3. The number of carbonyl (C=O) groups is 1. The van der Waals surface area contributed by atoms with E-state index < -0.39 is 12.1 Å². The fourth-order valence-electron chi connectivity index (χ4n) is 3.38. The molecule has 0 aromatic heterocycles. The summed E-state index contributed by atoms with van der Waals surface area (Å²) in [4.78, 5) is 12.1. The highest BCUT2D eigenvalue weighted by Crippen LogP contribution is 2.36. The summed E-state index contributed by atoms with van der Waals surface area (Å²) in [5.41, 5.74) is 0.579. The summed E-state index contributed by atoms with van der Waals surface area (Å²) in [6.45, 7) is 0. The summed E-state index contributed by atoms with van der Waals surface area (Å²) < 4.78 is 6.48. The van der Waals surface area contributed by atoms with Gasteiger partial charge in [0.25, 0.3) is 0 Å². The largest absolute Gasteiger partial charge is 0.460 e. The van der Waals surface area contributed by atoms with Gasteiger partial charge in [-0.2, -0.15) is 0 Å². The summed E-state index contributed by atoms with van der Waals surface area (Å²) in [5.74, 6) is -0.544. The second-order valence-electron chi connectivity index (χ2n) is 6.49. The van der Waals surface area contributed by atoms with Gasteiger partial charge in [-0.15, -0.1) is 0 Å². The minimum atomic E-state index is -1.19. The molecule has 2 unspecified atom stereocenters. The third-order valence-corrected chi connectivity index (χ3v) is 4.90. The highest BCUT2D eigenvalue weighted by atomic mass is 16.6. The van der Waals surface area contributed by atoms with Crippen LogP contribution in [0.4, 0.5) is 0 Å². The molecule has 2 bridgehead atoms. The molecule has 1 N–H and O–H groups in total. The number of ether oxygens (including phenoxy) is 1. The van der Waals surface area contributed by atoms with E-state index in [2.05, 4.69) is 26.2 Å². The molecule has 1 saturated heterocycles. The number of hydrogen-bond donors (Lipinski definition) is 1. The average Bonchev–Trinajstić information content (AvgIpc) is 2.67. The van der Waals surface area contributed by atoms with Crippen molar-refractivity contribution < 1.29 is 19.1 Å². The van der Waals surface area contributed by atoms with Crippen molar-refractivity contribution in [2.24, 2.45) is 0 Å². The molecule has 2 aliphatic rings. The van der Waals surface area contributed by atoms with E-state index in [0.717, 1.165) is 17.3 Å². The van der Waals surface area contributed by atoms with E-state index in [1.54, 1.807) is 24.3 Å². The van der Waals surface area contributed by atoms with Crippen LogP contribution in [0.1, 0.15) is 24.5 Å². The third kappa shape index (κ3) is 2.61. The number of likely N-dealkylation sites (N-methyl/N-ethyl adjacent to an activating group) is 1. The predicted molar refractivity (Wildman–Crippen MR) is 79.3 cm³/mol. The van der Waals surface area contributed by atoms with Gasteiger partial charge in [0, 0.05) is 12.8 Å². The first kappa shape index (κ1) is 14.3. The van der Waals surface area contributed by atoms with Gasteiger partial charge in [-0.3, -0.25) is 0 Å². The fourth-order valence-corrected chi connectivity index (χ4v) is 3.38. The maximum absolute atomic E-state index is 12.1. The second-order valence-corrected chi connectivity index (χ2v) is 6.49. The van der Waals surface area contributed by atoms with Gasteiger partial charge in [-0.1, -0.05) is 30.3 Å². The quantitative estimate of drug-likeness (QED) is 0.524. The summed E-state index contributed by atoms with van der Waals surface area (Å²) in [6, 6.07) is 9.72. The van der Waals surface area contributed by atoms with Crippen molar-refractivity contribution in [2.75, 3.05) is 14.1 Å². The Kier molecular flexibility index (Phi) is 3.59. The van der Waals surface area contributed by atoms with Gasteiger partial charge in [-0.25, -0.2) is 4.79 Å². The third-order valence-electron chi connectivity index (χ3n) is 4.90. The lowest BCUT2D eigenvalue weighted by atomic mass is 9.96. The summed E-state index contributed by atoms with van der Waals surface area (Å²) in [7, 11) is 4.43. The van der Waals surface area contributed by atoms with E-state index in [1.165, 1.54) is 0 Å². The van der Waals surface area contributed by atoms with Gasteiger partial charge in [0.05, 0.1) is 14.1 Å². The monoisotopic (exact) mass is 288 g/mol. The molecule has 3 rings (SSSR count). The minimum absolute atomic E-state index is 0.105. The fraction of sp³-hybridized carbons (Fsp3) is 0.471. The number of piperidine rings is 1. The van der Waals surface area contributed by atoms with Crippen molar-refractivity contribution in [1.29, 1.82) is 0 Å². The molecule has 1 fully saturated rings. The topological polar surface area (TPSA) is 46.5 Å². The van der Waals surface area contributed by atoms with Crippen LogP contribution < -0.4 is 0 Å². The molecule has 1 aromatic rings.